The average Bonchev–Trinajstić information content (AvgIpc) is 2.63. The van der Waals surface area contributed by atoms with Gasteiger partial charge in [-0.2, -0.15) is 5.06 Å². The van der Waals surface area contributed by atoms with Crippen molar-refractivity contribution in [2.75, 3.05) is 26.8 Å². The Labute approximate surface area is 148 Å². The van der Waals surface area contributed by atoms with Gasteiger partial charge in [-0.25, -0.2) is 0 Å². The van der Waals surface area contributed by atoms with E-state index in [1.807, 2.05) is 11.1 Å². The van der Waals surface area contributed by atoms with Crippen molar-refractivity contribution in [3.8, 4) is 5.75 Å². The Kier molecular flexibility index (Phi) is 6.23. The first-order valence-corrected chi connectivity index (χ1v) is 9.00. The zero-order valence-corrected chi connectivity index (χ0v) is 14.7. The van der Waals surface area contributed by atoms with Gasteiger partial charge in [0, 0.05) is 25.7 Å². The molecule has 1 aliphatic heterocycles. The standard InChI is InChI=1S/C18H27N3O4/c1-24-16-10-14(11-19-12-16)18(13-8-15(22)9-13)20-17(23)4-6-21-5-2-3-7-25-21/h10-13,15,18,22H,2-9H2,1H3,(H,20,23)/t13?,15?,18-/m0/s1. The van der Waals surface area contributed by atoms with Crippen molar-refractivity contribution in [2.24, 2.45) is 5.92 Å². The summed E-state index contributed by atoms with van der Waals surface area (Å²) in [5.41, 5.74) is 0.916. The second-order valence-electron chi connectivity index (χ2n) is 6.81. The molecule has 2 aliphatic rings. The lowest BCUT2D eigenvalue weighted by Gasteiger charge is -2.38. The van der Waals surface area contributed by atoms with E-state index in [4.69, 9.17) is 9.57 Å². The number of methoxy groups -OCH3 is 1. The number of pyridine rings is 1. The lowest BCUT2D eigenvalue weighted by Crippen LogP contribution is -2.42. The van der Waals surface area contributed by atoms with Crippen LogP contribution in [0.2, 0.25) is 0 Å². The zero-order chi connectivity index (χ0) is 17.6. The maximum atomic E-state index is 12.4. The van der Waals surface area contributed by atoms with Crippen LogP contribution in [0.5, 0.6) is 5.75 Å². The first kappa shape index (κ1) is 18.1. The molecule has 1 amide bonds. The number of ether oxygens (including phenoxy) is 1. The number of nitrogens with zero attached hydrogens (tertiary/aromatic N) is 2. The number of hydrogen-bond acceptors (Lipinski definition) is 6. The van der Waals surface area contributed by atoms with Crippen molar-refractivity contribution < 1.29 is 19.5 Å². The summed E-state index contributed by atoms with van der Waals surface area (Å²) in [5.74, 6) is 0.876. The molecule has 0 spiro atoms. The highest BCUT2D eigenvalue weighted by Gasteiger charge is 2.36. The Bertz CT molecular complexity index is 571. The molecular formula is C18H27N3O4. The fourth-order valence-electron chi connectivity index (χ4n) is 3.39. The Balaban J connectivity index is 1.60. The van der Waals surface area contributed by atoms with E-state index < -0.39 is 0 Å². The SMILES string of the molecule is COc1cncc([C@@H](NC(=O)CCN2CCCCO2)C2CC(O)C2)c1. The van der Waals surface area contributed by atoms with Crippen LogP contribution >= 0.6 is 0 Å². The van der Waals surface area contributed by atoms with Gasteiger partial charge in [0.2, 0.25) is 5.91 Å². The summed E-state index contributed by atoms with van der Waals surface area (Å²) in [6, 6.07) is 1.75. The Hall–Kier alpha value is -1.70. The van der Waals surface area contributed by atoms with E-state index in [0.717, 1.165) is 31.6 Å². The molecule has 1 saturated carbocycles. The Morgan fingerprint density at radius 1 is 1.48 bits per heavy atom. The lowest BCUT2D eigenvalue weighted by atomic mass is 9.75. The van der Waals surface area contributed by atoms with E-state index in [2.05, 4.69) is 10.3 Å². The van der Waals surface area contributed by atoms with Crippen molar-refractivity contribution in [3.63, 3.8) is 0 Å². The molecule has 2 heterocycles. The normalized spacial score (nSPS) is 25.0. The lowest BCUT2D eigenvalue weighted by molar-refractivity contribution is -0.181. The van der Waals surface area contributed by atoms with E-state index in [1.165, 1.54) is 0 Å². The Morgan fingerprint density at radius 2 is 2.32 bits per heavy atom. The molecule has 2 N–H and O–H groups in total. The van der Waals surface area contributed by atoms with Crippen molar-refractivity contribution in [3.05, 3.63) is 24.0 Å². The van der Waals surface area contributed by atoms with Gasteiger partial charge in [0.25, 0.3) is 0 Å². The van der Waals surface area contributed by atoms with E-state index >= 15 is 0 Å². The number of rotatable bonds is 7. The molecule has 7 heteroatoms. The fraction of sp³-hybridized carbons (Fsp3) is 0.667. The molecule has 0 unspecified atom stereocenters. The van der Waals surface area contributed by atoms with Gasteiger partial charge >= 0.3 is 0 Å². The first-order valence-electron chi connectivity index (χ1n) is 9.00. The molecule has 1 saturated heterocycles. The van der Waals surface area contributed by atoms with Gasteiger partial charge in [-0.1, -0.05) is 0 Å². The van der Waals surface area contributed by atoms with Crippen LogP contribution in [0, 0.1) is 5.92 Å². The maximum Gasteiger partial charge on any atom is 0.221 e. The zero-order valence-electron chi connectivity index (χ0n) is 14.7. The van der Waals surface area contributed by atoms with Gasteiger partial charge in [-0.15, -0.1) is 0 Å². The Morgan fingerprint density at radius 3 is 3.00 bits per heavy atom. The van der Waals surface area contributed by atoms with Crippen LogP contribution in [0.4, 0.5) is 0 Å². The number of carbonyl (C=O) groups excluding carboxylic acids is 1. The molecule has 138 valence electrons. The minimum absolute atomic E-state index is 0.0108. The molecule has 25 heavy (non-hydrogen) atoms. The second kappa shape index (κ2) is 8.60. The predicted octanol–water partition coefficient (Wildman–Crippen LogP) is 1.44. The highest BCUT2D eigenvalue weighted by atomic mass is 16.7. The molecule has 0 radical (unpaired) electrons. The highest BCUT2D eigenvalue weighted by Crippen LogP contribution is 2.38. The van der Waals surface area contributed by atoms with Crippen molar-refractivity contribution >= 4 is 5.91 Å². The molecule has 3 rings (SSSR count). The van der Waals surface area contributed by atoms with Crippen LogP contribution in [0.25, 0.3) is 0 Å². The van der Waals surface area contributed by atoms with Crippen molar-refractivity contribution in [1.82, 2.24) is 15.4 Å². The van der Waals surface area contributed by atoms with Crippen LogP contribution < -0.4 is 10.1 Å². The molecular weight excluding hydrogens is 322 g/mol. The molecule has 2 fully saturated rings. The number of amides is 1. The summed E-state index contributed by atoms with van der Waals surface area (Å²) in [4.78, 5) is 22.2. The molecule has 7 nitrogen and oxygen atoms in total. The van der Waals surface area contributed by atoms with E-state index in [-0.39, 0.29) is 24.0 Å². The van der Waals surface area contributed by atoms with Gasteiger partial charge < -0.3 is 15.2 Å². The second-order valence-corrected chi connectivity index (χ2v) is 6.81. The van der Waals surface area contributed by atoms with Crippen molar-refractivity contribution in [2.45, 2.75) is 44.2 Å². The van der Waals surface area contributed by atoms with Gasteiger partial charge in [-0.05, 0) is 43.2 Å². The van der Waals surface area contributed by atoms with Crippen LogP contribution in [0.3, 0.4) is 0 Å². The largest absolute Gasteiger partial charge is 0.495 e. The van der Waals surface area contributed by atoms with Crippen LogP contribution in [0.15, 0.2) is 18.5 Å². The molecule has 0 aromatic carbocycles. The van der Waals surface area contributed by atoms with E-state index in [9.17, 15) is 9.90 Å². The summed E-state index contributed by atoms with van der Waals surface area (Å²) in [6.07, 6.45) is 7.09. The third-order valence-corrected chi connectivity index (χ3v) is 4.93. The topological polar surface area (TPSA) is 83.9 Å². The summed E-state index contributed by atoms with van der Waals surface area (Å²) in [7, 11) is 1.60. The van der Waals surface area contributed by atoms with Crippen LogP contribution in [-0.4, -0.2) is 54.0 Å². The number of hydroxylamine groups is 2. The summed E-state index contributed by atoms with van der Waals surface area (Å²) >= 11 is 0. The summed E-state index contributed by atoms with van der Waals surface area (Å²) in [6.45, 7) is 2.22. The minimum Gasteiger partial charge on any atom is -0.495 e. The average molecular weight is 349 g/mol. The van der Waals surface area contributed by atoms with Gasteiger partial charge in [0.15, 0.2) is 0 Å². The number of nitrogens with one attached hydrogen (secondary N) is 1. The van der Waals surface area contributed by atoms with Gasteiger partial charge in [0.05, 0.1) is 32.1 Å². The molecule has 1 atom stereocenters. The van der Waals surface area contributed by atoms with E-state index in [1.54, 1.807) is 19.5 Å². The van der Waals surface area contributed by atoms with Crippen molar-refractivity contribution in [1.29, 1.82) is 0 Å². The molecule has 1 aromatic rings. The summed E-state index contributed by atoms with van der Waals surface area (Å²) < 4.78 is 5.24. The third-order valence-electron chi connectivity index (χ3n) is 4.93. The number of aliphatic hydroxyl groups excluding tert-OH is 1. The smallest absolute Gasteiger partial charge is 0.221 e. The number of aromatic nitrogens is 1. The summed E-state index contributed by atoms with van der Waals surface area (Å²) in [5, 5.41) is 14.6. The quantitative estimate of drug-likeness (QED) is 0.775. The number of aliphatic hydroxyl groups is 1. The van der Waals surface area contributed by atoms with Gasteiger partial charge in [-0.3, -0.25) is 14.6 Å². The van der Waals surface area contributed by atoms with Crippen LogP contribution in [0.1, 0.15) is 43.7 Å². The maximum absolute atomic E-state index is 12.4. The van der Waals surface area contributed by atoms with Gasteiger partial charge in [0.1, 0.15) is 5.75 Å². The number of carbonyl (C=O) groups is 1. The number of hydrogen-bond donors (Lipinski definition) is 2. The first-order chi connectivity index (χ1) is 12.2. The third kappa shape index (κ3) is 4.90. The highest BCUT2D eigenvalue weighted by molar-refractivity contribution is 5.76. The molecule has 1 aliphatic carbocycles. The molecule has 0 bridgehead atoms. The monoisotopic (exact) mass is 349 g/mol. The fourth-order valence-corrected chi connectivity index (χ4v) is 3.39. The minimum atomic E-state index is -0.273. The van der Waals surface area contributed by atoms with E-state index in [0.29, 0.717) is 31.6 Å². The predicted molar refractivity (Wildman–Crippen MR) is 91.8 cm³/mol. The van der Waals surface area contributed by atoms with Crippen LogP contribution in [-0.2, 0) is 9.63 Å². The molecule has 1 aromatic heterocycles.